The van der Waals surface area contributed by atoms with Crippen molar-refractivity contribution < 1.29 is 4.79 Å². The van der Waals surface area contributed by atoms with Gasteiger partial charge in [-0.2, -0.15) is 0 Å². The Morgan fingerprint density at radius 3 is 2.48 bits per heavy atom. The Balaban J connectivity index is 1.63. The molecule has 0 radical (unpaired) electrons. The minimum Gasteiger partial charge on any atom is -0.365 e. The number of aromatic nitrogens is 2. The Labute approximate surface area is 147 Å². The van der Waals surface area contributed by atoms with E-state index in [1.54, 1.807) is 6.20 Å². The van der Waals surface area contributed by atoms with E-state index in [2.05, 4.69) is 20.6 Å². The van der Waals surface area contributed by atoms with Gasteiger partial charge in [-0.25, -0.2) is 9.97 Å². The van der Waals surface area contributed by atoms with Crippen LogP contribution in [0.1, 0.15) is 27.2 Å². The van der Waals surface area contributed by atoms with Crippen molar-refractivity contribution in [3.63, 3.8) is 0 Å². The molecule has 1 aromatic heterocycles. The van der Waals surface area contributed by atoms with Crippen molar-refractivity contribution in [2.75, 3.05) is 10.6 Å². The topological polar surface area (TPSA) is 66.9 Å². The van der Waals surface area contributed by atoms with Crippen LogP contribution in [0.25, 0.3) is 0 Å². The third kappa shape index (κ3) is 4.20. The van der Waals surface area contributed by atoms with Gasteiger partial charge in [-0.15, -0.1) is 0 Å². The first-order chi connectivity index (χ1) is 12.1. The monoisotopic (exact) mass is 332 g/mol. The molecule has 0 atom stereocenters. The molecule has 0 aliphatic rings. The summed E-state index contributed by atoms with van der Waals surface area (Å²) in [7, 11) is 0. The van der Waals surface area contributed by atoms with E-state index in [0.717, 1.165) is 22.4 Å². The van der Waals surface area contributed by atoms with Gasteiger partial charge in [0.1, 0.15) is 11.5 Å². The van der Waals surface area contributed by atoms with Gasteiger partial charge >= 0.3 is 0 Å². The average molecular weight is 332 g/mol. The number of hydrogen-bond acceptors (Lipinski definition) is 4. The number of aryl methyl sites for hydroxylation is 1. The number of nitrogens with zero attached hydrogens (tertiary/aromatic N) is 2. The van der Waals surface area contributed by atoms with Gasteiger partial charge in [0.05, 0.1) is 12.4 Å². The summed E-state index contributed by atoms with van der Waals surface area (Å²) >= 11 is 0. The number of anilines is 2. The van der Waals surface area contributed by atoms with Gasteiger partial charge < -0.3 is 10.6 Å². The Kier molecular flexibility index (Phi) is 5.04. The highest BCUT2D eigenvalue weighted by atomic mass is 16.1. The first kappa shape index (κ1) is 16.6. The molecule has 0 fully saturated rings. The van der Waals surface area contributed by atoms with E-state index < -0.39 is 0 Å². The van der Waals surface area contributed by atoms with Gasteiger partial charge in [0, 0.05) is 12.2 Å². The number of rotatable bonds is 5. The van der Waals surface area contributed by atoms with Gasteiger partial charge in [0.15, 0.2) is 0 Å². The molecule has 0 saturated heterocycles. The standard InChI is InChI=1S/C20H20N4O/c1-14-7-6-10-17(15(14)2)24-20(25)18-12-23-19(13-21-18)22-11-16-8-4-3-5-9-16/h3-10,12-13H,11H2,1-2H3,(H,22,23)(H,24,25). The molecule has 0 aliphatic carbocycles. The van der Waals surface area contributed by atoms with E-state index in [1.165, 1.54) is 6.20 Å². The zero-order valence-corrected chi connectivity index (χ0v) is 14.3. The second-order valence-electron chi connectivity index (χ2n) is 5.83. The van der Waals surface area contributed by atoms with E-state index in [9.17, 15) is 4.79 Å². The fourth-order valence-electron chi connectivity index (χ4n) is 2.40. The van der Waals surface area contributed by atoms with Crippen LogP contribution in [0.5, 0.6) is 0 Å². The summed E-state index contributed by atoms with van der Waals surface area (Å²) in [6.07, 6.45) is 3.05. The molecule has 0 bridgehead atoms. The molecule has 2 N–H and O–H groups in total. The fourth-order valence-corrected chi connectivity index (χ4v) is 2.40. The molecule has 3 aromatic rings. The quantitative estimate of drug-likeness (QED) is 0.742. The minimum atomic E-state index is -0.268. The van der Waals surface area contributed by atoms with E-state index in [4.69, 9.17) is 0 Å². The van der Waals surface area contributed by atoms with Gasteiger partial charge in [0.2, 0.25) is 0 Å². The van der Waals surface area contributed by atoms with Crippen LogP contribution in [0, 0.1) is 13.8 Å². The summed E-state index contributed by atoms with van der Waals surface area (Å²) < 4.78 is 0. The molecule has 1 amide bonds. The van der Waals surface area contributed by atoms with Crippen molar-refractivity contribution in [1.82, 2.24) is 9.97 Å². The predicted octanol–water partition coefficient (Wildman–Crippen LogP) is 3.96. The van der Waals surface area contributed by atoms with Crippen molar-refractivity contribution in [3.8, 4) is 0 Å². The van der Waals surface area contributed by atoms with Crippen molar-refractivity contribution >= 4 is 17.4 Å². The van der Waals surface area contributed by atoms with Crippen LogP contribution >= 0.6 is 0 Å². The highest BCUT2D eigenvalue weighted by Gasteiger charge is 2.10. The Hall–Kier alpha value is -3.21. The fraction of sp³-hybridized carbons (Fsp3) is 0.150. The van der Waals surface area contributed by atoms with E-state index in [0.29, 0.717) is 12.4 Å². The van der Waals surface area contributed by atoms with Crippen molar-refractivity contribution in [1.29, 1.82) is 0 Å². The zero-order valence-electron chi connectivity index (χ0n) is 14.3. The molecule has 2 aromatic carbocycles. The lowest BCUT2D eigenvalue weighted by Gasteiger charge is -2.10. The summed E-state index contributed by atoms with van der Waals surface area (Å²) in [5, 5.41) is 6.07. The van der Waals surface area contributed by atoms with Crippen molar-refractivity contribution in [3.05, 3.63) is 83.3 Å². The van der Waals surface area contributed by atoms with Crippen LogP contribution in [0.2, 0.25) is 0 Å². The molecule has 0 spiro atoms. The number of nitrogens with one attached hydrogen (secondary N) is 2. The lowest BCUT2D eigenvalue weighted by Crippen LogP contribution is -2.15. The third-order valence-corrected chi connectivity index (χ3v) is 4.05. The molecular formula is C20H20N4O. The minimum absolute atomic E-state index is 0.268. The van der Waals surface area contributed by atoms with Gasteiger partial charge in [-0.1, -0.05) is 42.5 Å². The molecule has 0 unspecified atom stereocenters. The highest BCUT2D eigenvalue weighted by Crippen LogP contribution is 2.18. The Morgan fingerprint density at radius 2 is 1.76 bits per heavy atom. The molecule has 5 heteroatoms. The zero-order chi connectivity index (χ0) is 17.6. The predicted molar refractivity (Wildman–Crippen MR) is 99.7 cm³/mol. The smallest absolute Gasteiger partial charge is 0.275 e. The average Bonchev–Trinajstić information content (AvgIpc) is 2.65. The van der Waals surface area contributed by atoms with Crippen LogP contribution in [0.3, 0.4) is 0 Å². The van der Waals surface area contributed by atoms with Crippen LogP contribution in [-0.4, -0.2) is 15.9 Å². The normalized spacial score (nSPS) is 10.3. The molecule has 3 rings (SSSR count). The number of carbonyl (C=O) groups excluding carboxylic acids is 1. The van der Waals surface area contributed by atoms with Gasteiger partial charge in [-0.05, 0) is 36.6 Å². The third-order valence-electron chi connectivity index (χ3n) is 4.05. The largest absolute Gasteiger partial charge is 0.365 e. The molecular weight excluding hydrogens is 312 g/mol. The van der Waals surface area contributed by atoms with Crippen LogP contribution in [-0.2, 0) is 6.54 Å². The highest BCUT2D eigenvalue weighted by molar-refractivity contribution is 6.03. The Morgan fingerprint density at radius 1 is 0.960 bits per heavy atom. The Bertz CT molecular complexity index is 861. The summed E-state index contributed by atoms with van der Waals surface area (Å²) in [5.74, 6) is 0.364. The van der Waals surface area contributed by atoms with Crippen LogP contribution in [0.4, 0.5) is 11.5 Å². The van der Waals surface area contributed by atoms with Crippen LogP contribution < -0.4 is 10.6 Å². The van der Waals surface area contributed by atoms with Gasteiger partial charge in [-0.3, -0.25) is 4.79 Å². The molecule has 1 heterocycles. The van der Waals surface area contributed by atoms with E-state index >= 15 is 0 Å². The first-order valence-electron chi connectivity index (χ1n) is 8.11. The number of hydrogen-bond donors (Lipinski definition) is 2. The maximum Gasteiger partial charge on any atom is 0.275 e. The lowest BCUT2D eigenvalue weighted by atomic mass is 10.1. The molecule has 0 aliphatic heterocycles. The maximum atomic E-state index is 12.3. The summed E-state index contributed by atoms with van der Waals surface area (Å²) in [6, 6.07) is 15.8. The van der Waals surface area contributed by atoms with Crippen molar-refractivity contribution in [2.45, 2.75) is 20.4 Å². The van der Waals surface area contributed by atoms with Gasteiger partial charge in [0.25, 0.3) is 5.91 Å². The molecule has 126 valence electrons. The number of amides is 1. The summed E-state index contributed by atoms with van der Waals surface area (Å²) in [4.78, 5) is 20.8. The summed E-state index contributed by atoms with van der Waals surface area (Å²) in [5.41, 5.74) is 4.40. The number of benzene rings is 2. The molecule has 5 nitrogen and oxygen atoms in total. The second-order valence-corrected chi connectivity index (χ2v) is 5.83. The molecule has 25 heavy (non-hydrogen) atoms. The molecule has 0 saturated carbocycles. The SMILES string of the molecule is Cc1cccc(NC(=O)c2cnc(NCc3ccccc3)cn2)c1C. The second kappa shape index (κ2) is 7.57. The van der Waals surface area contributed by atoms with Crippen molar-refractivity contribution in [2.24, 2.45) is 0 Å². The van der Waals surface area contributed by atoms with E-state index in [1.807, 2.05) is 62.4 Å². The first-order valence-corrected chi connectivity index (χ1v) is 8.11. The van der Waals surface area contributed by atoms with E-state index in [-0.39, 0.29) is 11.6 Å². The number of carbonyl (C=O) groups is 1. The van der Waals surface area contributed by atoms with Crippen LogP contribution in [0.15, 0.2) is 60.9 Å². The maximum absolute atomic E-state index is 12.3. The lowest BCUT2D eigenvalue weighted by molar-refractivity contribution is 0.102. The summed E-state index contributed by atoms with van der Waals surface area (Å²) in [6.45, 7) is 4.65.